The second-order valence-corrected chi connectivity index (χ2v) is 3.26. The Morgan fingerprint density at radius 2 is 1.77 bits per heavy atom. The van der Waals surface area contributed by atoms with Crippen LogP contribution in [0.3, 0.4) is 0 Å². The van der Waals surface area contributed by atoms with Crippen molar-refractivity contribution in [2.75, 3.05) is 0 Å². The SMILES string of the molecule is CCCCCCCC/C=C/C(=O)F. The first kappa shape index (κ1) is 12.3. The van der Waals surface area contributed by atoms with E-state index in [4.69, 9.17) is 0 Å². The van der Waals surface area contributed by atoms with E-state index >= 15 is 0 Å². The average Bonchev–Trinajstić information content (AvgIpc) is 2.09. The van der Waals surface area contributed by atoms with E-state index in [1.54, 1.807) is 6.08 Å². The van der Waals surface area contributed by atoms with Gasteiger partial charge in [-0.3, -0.25) is 4.79 Å². The van der Waals surface area contributed by atoms with Gasteiger partial charge in [-0.1, -0.05) is 45.1 Å². The summed E-state index contributed by atoms with van der Waals surface area (Å²) in [7, 11) is 0. The molecule has 0 N–H and O–H groups in total. The Kier molecular flexibility index (Phi) is 8.95. The van der Waals surface area contributed by atoms with Crippen molar-refractivity contribution in [3.8, 4) is 0 Å². The maximum absolute atomic E-state index is 11.7. The average molecular weight is 186 g/mol. The second kappa shape index (κ2) is 9.43. The van der Waals surface area contributed by atoms with E-state index in [-0.39, 0.29) is 0 Å². The first-order valence-electron chi connectivity index (χ1n) is 5.13. The molecule has 2 heteroatoms. The topological polar surface area (TPSA) is 17.1 Å². The molecule has 0 saturated carbocycles. The first-order chi connectivity index (χ1) is 6.27. The monoisotopic (exact) mass is 186 g/mol. The molecule has 0 heterocycles. The highest BCUT2D eigenvalue weighted by molar-refractivity contribution is 5.80. The van der Waals surface area contributed by atoms with E-state index in [0.29, 0.717) is 0 Å². The largest absolute Gasteiger partial charge is 0.324 e. The van der Waals surface area contributed by atoms with E-state index in [1.807, 2.05) is 0 Å². The minimum absolute atomic E-state index is 0.821. The van der Waals surface area contributed by atoms with Crippen LogP contribution in [0, 0.1) is 0 Å². The van der Waals surface area contributed by atoms with Crippen LogP contribution < -0.4 is 0 Å². The quantitative estimate of drug-likeness (QED) is 0.320. The van der Waals surface area contributed by atoms with Crippen molar-refractivity contribution in [2.24, 2.45) is 0 Å². The van der Waals surface area contributed by atoms with Crippen LogP contribution in [-0.4, -0.2) is 6.04 Å². The van der Waals surface area contributed by atoms with Crippen LogP contribution in [-0.2, 0) is 4.79 Å². The first-order valence-corrected chi connectivity index (χ1v) is 5.13. The predicted octanol–water partition coefficient (Wildman–Crippen LogP) is 3.79. The third-order valence-corrected chi connectivity index (χ3v) is 1.97. The zero-order valence-corrected chi connectivity index (χ0v) is 8.39. The molecule has 0 aromatic rings. The zero-order valence-electron chi connectivity index (χ0n) is 8.39. The lowest BCUT2D eigenvalue weighted by Crippen LogP contribution is -1.79. The Morgan fingerprint density at radius 1 is 1.15 bits per heavy atom. The van der Waals surface area contributed by atoms with E-state index in [9.17, 15) is 9.18 Å². The molecule has 0 aromatic carbocycles. The molecule has 0 bridgehead atoms. The molecule has 0 spiro atoms. The van der Waals surface area contributed by atoms with E-state index in [1.165, 1.54) is 32.1 Å². The maximum Gasteiger partial charge on any atom is 0.324 e. The van der Waals surface area contributed by atoms with Crippen LogP contribution in [0.25, 0.3) is 0 Å². The van der Waals surface area contributed by atoms with Crippen LogP contribution >= 0.6 is 0 Å². The number of carbonyl (C=O) groups excluding carboxylic acids is 1. The summed E-state index contributed by atoms with van der Waals surface area (Å²) in [6.07, 6.45) is 10.8. The summed E-state index contributed by atoms with van der Waals surface area (Å²) in [5, 5.41) is 0. The van der Waals surface area contributed by atoms with E-state index in [2.05, 4.69) is 6.92 Å². The van der Waals surface area contributed by atoms with Gasteiger partial charge in [0.1, 0.15) is 0 Å². The van der Waals surface area contributed by atoms with Gasteiger partial charge in [0, 0.05) is 6.08 Å². The molecule has 0 aliphatic heterocycles. The number of hydrogen-bond acceptors (Lipinski definition) is 1. The Hall–Kier alpha value is -0.660. The van der Waals surface area contributed by atoms with Gasteiger partial charge in [-0.25, -0.2) is 0 Å². The molecule has 0 saturated heterocycles. The van der Waals surface area contributed by atoms with Crippen molar-refractivity contribution in [1.29, 1.82) is 0 Å². The molecular formula is C11H19FO. The summed E-state index contributed by atoms with van der Waals surface area (Å²) in [6.45, 7) is 2.19. The van der Waals surface area contributed by atoms with Gasteiger partial charge >= 0.3 is 6.04 Å². The van der Waals surface area contributed by atoms with Gasteiger partial charge in [0.25, 0.3) is 0 Å². The molecule has 0 aliphatic carbocycles. The molecule has 0 fully saturated rings. The summed E-state index contributed by atoms with van der Waals surface area (Å²) in [6, 6.07) is -1.34. The summed E-state index contributed by atoms with van der Waals surface area (Å²) < 4.78 is 11.7. The highest BCUT2D eigenvalue weighted by atomic mass is 19.1. The van der Waals surface area contributed by atoms with Crippen molar-refractivity contribution < 1.29 is 9.18 Å². The smallest absolute Gasteiger partial charge is 0.256 e. The third-order valence-electron chi connectivity index (χ3n) is 1.97. The summed E-state index contributed by atoms with van der Waals surface area (Å²) >= 11 is 0. The fraction of sp³-hybridized carbons (Fsp3) is 0.727. The Bertz CT molecular complexity index is 152. The fourth-order valence-corrected chi connectivity index (χ4v) is 1.22. The summed E-state index contributed by atoms with van der Waals surface area (Å²) in [5.41, 5.74) is 0. The number of rotatable bonds is 8. The number of unbranched alkanes of at least 4 members (excludes halogenated alkanes) is 6. The standard InChI is InChI=1S/C11H19FO/c1-2-3-4-5-6-7-8-9-10-11(12)13/h9-10H,2-8H2,1H3/b10-9+. The lowest BCUT2D eigenvalue weighted by atomic mass is 10.1. The van der Waals surface area contributed by atoms with Crippen molar-refractivity contribution in [3.63, 3.8) is 0 Å². The highest BCUT2D eigenvalue weighted by Crippen LogP contribution is 2.06. The minimum atomic E-state index is -1.34. The minimum Gasteiger partial charge on any atom is -0.256 e. The molecule has 0 unspecified atom stereocenters. The van der Waals surface area contributed by atoms with E-state index in [0.717, 1.165) is 18.9 Å². The van der Waals surface area contributed by atoms with Crippen LogP contribution in [0.5, 0.6) is 0 Å². The van der Waals surface area contributed by atoms with Gasteiger partial charge in [-0.15, -0.1) is 0 Å². The maximum atomic E-state index is 11.7. The van der Waals surface area contributed by atoms with Crippen molar-refractivity contribution in [3.05, 3.63) is 12.2 Å². The molecule has 0 aliphatic rings. The van der Waals surface area contributed by atoms with Crippen LogP contribution in [0.15, 0.2) is 12.2 Å². The molecule has 13 heavy (non-hydrogen) atoms. The third kappa shape index (κ3) is 11.3. The van der Waals surface area contributed by atoms with Crippen molar-refractivity contribution in [1.82, 2.24) is 0 Å². The molecule has 0 rings (SSSR count). The summed E-state index contributed by atoms with van der Waals surface area (Å²) in [5.74, 6) is 0. The van der Waals surface area contributed by atoms with Gasteiger partial charge in [0.2, 0.25) is 0 Å². The Labute approximate surface area is 80.0 Å². The van der Waals surface area contributed by atoms with Crippen molar-refractivity contribution in [2.45, 2.75) is 51.9 Å². The van der Waals surface area contributed by atoms with Gasteiger partial charge in [-0.05, 0) is 12.8 Å². The van der Waals surface area contributed by atoms with Gasteiger partial charge in [0.05, 0.1) is 0 Å². The number of carbonyl (C=O) groups is 1. The lowest BCUT2D eigenvalue weighted by molar-refractivity contribution is -0.124. The molecule has 0 aromatic heterocycles. The predicted molar refractivity (Wildman–Crippen MR) is 53.2 cm³/mol. The zero-order chi connectivity index (χ0) is 9.94. The van der Waals surface area contributed by atoms with Gasteiger partial charge < -0.3 is 0 Å². The Balaban J connectivity index is 3.03. The number of hydrogen-bond donors (Lipinski definition) is 0. The fourth-order valence-electron chi connectivity index (χ4n) is 1.22. The molecule has 0 amide bonds. The normalized spacial score (nSPS) is 10.9. The van der Waals surface area contributed by atoms with Gasteiger partial charge in [-0.2, -0.15) is 4.39 Å². The second-order valence-electron chi connectivity index (χ2n) is 3.26. The highest BCUT2D eigenvalue weighted by Gasteiger charge is 1.89. The molecule has 0 radical (unpaired) electrons. The number of allylic oxidation sites excluding steroid dienone is 2. The molecular weight excluding hydrogens is 167 g/mol. The Morgan fingerprint density at radius 3 is 2.38 bits per heavy atom. The van der Waals surface area contributed by atoms with E-state index < -0.39 is 6.04 Å². The molecule has 76 valence electrons. The molecule has 1 nitrogen and oxygen atoms in total. The summed E-state index contributed by atoms with van der Waals surface area (Å²) in [4.78, 5) is 9.86. The number of halogens is 1. The van der Waals surface area contributed by atoms with Gasteiger partial charge in [0.15, 0.2) is 0 Å². The van der Waals surface area contributed by atoms with Crippen LogP contribution in [0.1, 0.15) is 51.9 Å². The van der Waals surface area contributed by atoms with Crippen molar-refractivity contribution >= 4 is 6.04 Å². The van der Waals surface area contributed by atoms with Crippen LogP contribution in [0.2, 0.25) is 0 Å². The molecule has 0 atom stereocenters. The van der Waals surface area contributed by atoms with Crippen LogP contribution in [0.4, 0.5) is 4.39 Å². The lowest BCUT2D eigenvalue weighted by Gasteiger charge is -1.96.